The van der Waals surface area contributed by atoms with E-state index in [0.717, 1.165) is 40.0 Å². The van der Waals surface area contributed by atoms with Crippen molar-refractivity contribution in [1.82, 2.24) is 29.9 Å². The zero-order valence-electron chi connectivity index (χ0n) is 16.1. The van der Waals surface area contributed by atoms with E-state index in [9.17, 15) is 4.79 Å². The molecule has 0 saturated heterocycles. The van der Waals surface area contributed by atoms with Gasteiger partial charge in [0.15, 0.2) is 5.82 Å². The van der Waals surface area contributed by atoms with Crippen molar-refractivity contribution in [3.05, 3.63) is 53.2 Å². The van der Waals surface area contributed by atoms with Gasteiger partial charge in [0.1, 0.15) is 5.75 Å². The first kappa shape index (κ1) is 18.0. The van der Waals surface area contributed by atoms with Crippen molar-refractivity contribution in [1.29, 1.82) is 0 Å². The molecule has 144 valence electrons. The lowest BCUT2D eigenvalue weighted by atomic mass is 10.1. The second-order valence-electron chi connectivity index (χ2n) is 6.78. The molecule has 1 amide bonds. The van der Waals surface area contributed by atoms with Crippen molar-refractivity contribution in [2.45, 2.75) is 26.7 Å². The van der Waals surface area contributed by atoms with Crippen LogP contribution in [0.3, 0.4) is 0 Å². The molecule has 0 unspecified atom stereocenters. The molecule has 0 aliphatic heterocycles. The van der Waals surface area contributed by atoms with Crippen LogP contribution in [-0.4, -0.2) is 44.1 Å². The minimum absolute atomic E-state index is 0.109. The molecule has 0 radical (unpaired) electrons. The summed E-state index contributed by atoms with van der Waals surface area (Å²) in [5, 5.41) is 8.42. The van der Waals surface area contributed by atoms with Gasteiger partial charge < -0.3 is 15.0 Å². The van der Waals surface area contributed by atoms with E-state index in [0.29, 0.717) is 18.1 Å². The number of nitrogens with zero attached hydrogens (tertiary/aromatic N) is 4. The number of nitrogens with one attached hydrogen (secondary N) is 2. The Balaban J connectivity index is 1.38. The summed E-state index contributed by atoms with van der Waals surface area (Å²) < 4.78 is 6.95. The molecule has 0 aliphatic rings. The number of rotatable bonds is 6. The topological polar surface area (TPSA) is 97.2 Å². The van der Waals surface area contributed by atoms with Crippen molar-refractivity contribution in [2.24, 2.45) is 0 Å². The van der Waals surface area contributed by atoms with E-state index in [2.05, 4.69) is 25.4 Å². The van der Waals surface area contributed by atoms with Crippen molar-refractivity contribution >= 4 is 22.6 Å². The molecule has 1 aromatic carbocycles. The quantitative estimate of drug-likeness (QED) is 0.536. The van der Waals surface area contributed by atoms with E-state index in [1.165, 1.54) is 0 Å². The summed E-state index contributed by atoms with van der Waals surface area (Å²) in [6, 6.07) is 7.84. The van der Waals surface area contributed by atoms with Crippen molar-refractivity contribution < 1.29 is 9.53 Å². The highest BCUT2D eigenvalue weighted by Crippen LogP contribution is 2.23. The first-order valence-electron chi connectivity index (χ1n) is 9.14. The van der Waals surface area contributed by atoms with Crippen LogP contribution in [0.2, 0.25) is 0 Å². The van der Waals surface area contributed by atoms with Gasteiger partial charge in [0, 0.05) is 35.0 Å². The van der Waals surface area contributed by atoms with Crippen LogP contribution >= 0.6 is 0 Å². The number of aromatic nitrogens is 5. The second-order valence-corrected chi connectivity index (χ2v) is 6.78. The van der Waals surface area contributed by atoms with Gasteiger partial charge in [-0.05, 0) is 50.1 Å². The van der Waals surface area contributed by atoms with Crippen LogP contribution in [0.5, 0.6) is 5.75 Å². The maximum absolute atomic E-state index is 12.3. The Kier molecular flexibility index (Phi) is 4.68. The number of methoxy groups -OCH3 is 1. The van der Waals surface area contributed by atoms with Gasteiger partial charge in [-0.2, -0.15) is 4.98 Å². The van der Waals surface area contributed by atoms with E-state index >= 15 is 0 Å². The van der Waals surface area contributed by atoms with Crippen molar-refractivity contribution in [3.63, 3.8) is 0 Å². The zero-order valence-corrected chi connectivity index (χ0v) is 16.1. The van der Waals surface area contributed by atoms with Crippen LogP contribution < -0.4 is 10.1 Å². The largest absolute Gasteiger partial charge is 0.497 e. The SMILES string of the molecule is COc1ccc2[nH]cc(CCNC(=O)Cc3nc4nc(C)cc(C)n4n3)c2c1. The number of aromatic amines is 1. The first-order valence-corrected chi connectivity index (χ1v) is 9.14. The second kappa shape index (κ2) is 7.30. The number of fused-ring (bicyclic) bond motifs is 2. The fourth-order valence-corrected chi connectivity index (χ4v) is 3.32. The molecule has 0 bridgehead atoms. The average Bonchev–Trinajstić information content (AvgIpc) is 3.25. The van der Waals surface area contributed by atoms with E-state index in [1.54, 1.807) is 11.6 Å². The van der Waals surface area contributed by atoms with Crippen LogP contribution in [0, 0.1) is 13.8 Å². The molecule has 0 fully saturated rings. The van der Waals surface area contributed by atoms with Gasteiger partial charge in [0.25, 0.3) is 5.78 Å². The fourth-order valence-electron chi connectivity index (χ4n) is 3.32. The summed E-state index contributed by atoms with van der Waals surface area (Å²) in [6.45, 7) is 4.39. The van der Waals surface area contributed by atoms with Gasteiger partial charge >= 0.3 is 0 Å². The number of carbonyl (C=O) groups excluding carboxylic acids is 1. The number of benzene rings is 1. The maximum Gasteiger partial charge on any atom is 0.252 e. The Bertz CT molecular complexity index is 1160. The monoisotopic (exact) mass is 378 g/mol. The molecule has 0 aliphatic carbocycles. The predicted octanol–water partition coefficient (Wildman–Crippen LogP) is 2.13. The van der Waals surface area contributed by atoms with E-state index < -0.39 is 0 Å². The Morgan fingerprint density at radius 3 is 2.93 bits per heavy atom. The summed E-state index contributed by atoms with van der Waals surface area (Å²) >= 11 is 0. The molecule has 3 aromatic heterocycles. The Hall–Kier alpha value is -3.42. The van der Waals surface area contributed by atoms with Gasteiger partial charge in [0.2, 0.25) is 5.91 Å². The lowest BCUT2D eigenvalue weighted by Gasteiger charge is -2.04. The molecule has 28 heavy (non-hydrogen) atoms. The summed E-state index contributed by atoms with van der Waals surface area (Å²) in [5.74, 6) is 1.70. The zero-order chi connectivity index (χ0) is 19.7. The van der Waals surface area contributed by atoms with Gasteiger partial charge in [-0.3, -0.25) is 4.79 Å². The first-order chi connectivity index (χ1) is 13.5. The summed E-state index contributed by atoms with van der Waals surface area (Å²) in [4.78, 5) is 24.2. The number of aryl methyl sites for hydroxylation is 2. The number of H-pyrrole nitrogens is 1. The Morgan fingerprint density at radius 2 is 2.11 bits per heavy atom. The molecule has 4 aromatic rings. The molecule has 0 saturated carbocycles. The normalized spacial score (nSPS) is 11.2. The summed E-state index contributed by atoms with van der Waals surface area (Å²) in [6.07, 6.45) is 2.82. The van der Waals surface area contributed by atoms with Gasteiger partial charge in [-0.1, -0.05) is 0 Å². The van der Waals surface area contributed by atoms with E-state index in [-0.39, 0.29) is 12.3 Å². The number of amides is 1. The van der Waals surface area contributed by atoms with Crippen LogP contribution in [0.15, 0.2) is 30.5 Å². The molecule has 3 heterocycles. The minimum Gasteiger partial charge on any atom is -0.497 e. The third-order valence-corrected chi connectivity index (χ3v) is 4.67. The Morgan fingerprint density at radius 1 is 1.25 bits per heavy atom. The lowest BCUT2D eigenvalue weighted by Crippen LogP contribution is -2.27. The third-order valence-electron chi connectivity index (χ3n) is 4.67. The average molecular weight is 378 g/mol. The number of hydrogen-bond donors (Lipinski definition) is 2. The lowest BCUT2D eigenvalue weighted by molar-refractivity contribution is -0.120. The smallest absolute Gasteiger partial charge is 0.252 e. The number of hydrogen-bond acceptors (Lipinski definition) is 5. The maximum atomic E-state index is 12.3. The van der Waals surface area contributed by atoms with Crippen LogP contribution in [0.25, 0.3) is 16.7 Å². The molecule has 4 rings (SSSR count). The van der Waals surface area contributed by atoms with Crippen LogP contribution in [0.1, 0.15) is 22.8 Å². The number of ether oxygens (including phenoxy) is 1. The molecular formula is C20H22N6O2. The van der Waals surface area contributed by atoms with Crippen LogP contribution in [0.4, 0.5) is 0 Å². The molecule has 0 spiro atoms. The van der Waals surface area contributed by atoms with Crippen molar-refractivity contribution in [2.75, 3.05) is 13.7 Å². The molecular weight excluding hydrogens is 356 g/mol. The van der Waals surface area contributed by atoms with E-state index in [4.69, 9.17) is 4.74 Å². The summed E-state index contributed by atoms with van der Waals surface area (Å²) in [5.41, 5.74) is 4.00. The van der Waals surface area contributed by atoms with Gasteiger partial charge in [-0.25, -0.2) is 9.50 Å². The Labute approximate surface area is 162 Å². The standard InChI is InChI=1S/C20H22N6O2/c1-12-8-13(2)26-20(23-12)24-18(25-26)10-19(27)21-7-6-14-11-22-17-5-4-15(28-3)9-16(14)17/h4-5,8-9,11,22H,6-7,10H2,1-3H3,(H,21,27). The highest BCUT2D eigenvalue weighted by atomic mass is 16.5. The highest BCUT2D eigenvalue weighted by molar-refractivity contribution is 5.84. The number of carbonyl (C=O) groups is 1. The van der Waals surface area contributed by atoms with Crippen molar-refractivity contribution in [3.8, 4) is 5.75 Å². The fraction of sp³-hybridized carbons (Fsp3) is 0.300. The molecule has 0 atom stereocenters. The van der Waals surface area contributed by atoms with E-state index in [1.807, 2.05) is 44.3 Å². The van der Waals surface area contributed by atoms with Crippen LogP contribution in [-0.2, 0) is 17.6 Å². The highest BCUT2D eigenvalue weighted by Gasteiger charge is 2.12. The predicted molar refractivity (Wildman–Crippen MR) is 106 cm³/mol. The molecule has 8 heteroatoms. The third kappa shape index (κ3) is 3.53. The van der Waals surface area contributed by atoms with Gasteiger partial charge in [-0.15, -0.1) is 5.10 Å². The summed E-state index contributed by atoms with van der Waals surface area (Å²) in [7, 11) is 1.65. The molecule has 2 N–H and O–H groups in total. The minimum atomic E-state index is -0.109. The van der Waals surface area contributed by atoms with Gasteiger partial charge in [0.05, 0.1) is 13.5 Å². The molecule has 8 nitrogen and oxygen atoms in total.